The van der Waals surface area contributed by atoms with Crippen LogP contribution in [0.3, 0.4) is 0 Å². The van der Waals surface area contributed by atoms with Crippen LogP contribution in [0.15, 0.2) is 30.3 Å². The number of carbonyl (C=O) groups is 2. The summed E-state index contributed by atoms with van der Waals surface area (Å²) in [4.78, 5) is 26.6. The fourth-order valence-corrected chi connectivity index (χ4v) is 4.09. The minimum Gasteiger partial charge on any atom is -0.480 e. The number of carboxylic acid groups (broad SMARTS) is 1. The third-order valence-corrected chi connectivity index (χ3v) is 5.48. The van der Waals surface area contributed by atoms with Crippen LogP contribution in [0.5, 0.6) is 0 Å². The Hall–Kier alpha value is -2.74. The number of nitrogens with zero attached hydrogens (tertiary/aromatic N) is 3. The molecule has 0 saturated heterocycles. The van der Waals surface area contributed by atoms with Crippen molar-refractivity contribution in [2.75, 3.05) is 6.54 Å². The molecule has 2 aromatic heterocycles. The van der Waals surface area contributed by atoms with E-state index in [0.717, 1.165) is 28.8 Å². The smallest absolute Gasteiger partial charge is 0.323 e. The highest BCUT2D eigenvalue weighted by atomic mass is 32.1. The van der Waals surface area contributed by atoms with Gasteiger partial charge in [-0.3, -0.25) is 9.59 Å². The largest absolute Gasteiger partial charge is 0.480 e. The zero-order chi connectivity index (χ0) is 18.4. The molecule has 3 aromatic rings. The van der Waals surface area contributed by atoms with Gasteiger partial charge in [0.25, 0.3) is 5.91 Å². The molecular formula is C18H16FN3O3S. The van der Waals surface area contributed by atoms with E-state index in [-0.39, 0.29) is 24.3 Å². The van der Waals surface area contributed by atoms with E-state index < -0.39 is 5.97 Å². The number of aryl methyl sites for hydroxylation is 1. The molecule has 1 aliphatic rings. The van der Waals surface area contributed by atoms with Gasteiger partial charge in [0, 0.05) is 11.4 Å². The summed E-state index contributed by atoms with van der Waals surface area (Å²) in [6.45, 7) is 1.56. The molecule has 0 atom stereocenters. The Labute approximate surface area is 152 Å². The van der Waals surface area contributed by atoms with Crippen LogP contribution in [0.2, 0.25) is 0 Å². The third kappa shape index (κ3) is 2.96. The van der Waals surface area contributed by atoms with Gasteiger partial charge < -0.3 is 10.0 Å². The number of amides is 1. The highest BCUT2D eigenvalue weighted by Gasteiger charge is 2.35. The Kier molecular flexibility index (Phi) is 3.99. The van der Waals surface area contributed by atoms with Crippen molar-refractivity contribution in [1.82, 2.24) is 14.7 Å². The lowest BCUT2D eigenvalue weighted by atomic mass is 10.3. The van der Waals surface area contributed by atoms with Gasteiger partial charge in [0.2, 0.25) is 0 Å². The van der Waals surface area contributed by atoms with Crippen LogP contribution in [0.1, 0.15) is 28.2 Å². The highest BCUT2D eigenvalue weighted by molar-refractivity contribution is 7.20. The van der Waals surface area contributed by atoms with Gasteiger partial charge in [-0.25, -0.2) is 9.07 Å². The normalized spacial score (nSPS) is 13.9. The van der Waals surface area contributed by atoms with Crippen molar-refractivity contribution in [3.63, 3.8) is 0 Å². The van der Waals surface area contributed by atoms with Gasteiger partial charge in [0.05, 0.1) is 16.3 Å². The summed E-state index contributed by atoms with van der Waals surface area (Å²) in [6, 6.07) is 7.76. The lowest BCUT2D eigenvalue weighted by molar-refractivity contribution is -0.137. The first-order chi connectivity index (χ1) is 12.4. The maximum atomic E-state index is 13.2. The summed E-state index contributed by atoms with van der Waals surface area (Å²) in [7, 11) is 0. The van der Waals surface area contributed by atoms with E-state index in [1.54, 1.807) is 22.9 Å². The van der Waals surface area contributed by atoms with Gasteiger partial charge in [-0.15, -0.1) is 11.3 Å². The molecule has 4 rings (SSSR count). The SMILES string of the molecule is Cc1nn(-c2ccc(F)cc2)c2sc(C(=O)N(CC(=O)O)C3CC3)cc12. The molecule has 1 N–H and O–H groups in total. The molecule has 1 aliphatic carbocycles. The van der Waals surface area contributed by atoms with Gasteiger partial charge in [-0.05, 0) is 50.1 Å². The summed E-state index contributed by atoms with van der Waals surface area (Å²) in [5, 5.41) is 14.4. The second-order valence-electron chi connectivity index (χ2n) is 6.36. The van der Waals surface area contributed by atoms with Crippen LogP contribution in [0.4, 0.5) is 4.39 Å². The second kappa shape index (κ2) is 6.21. The summed E-state index contributed by atoms with van der Waals surface area (Å²) >= 11 is 1.28. The van der Waals surface area contributed by atoms with Gasteiger partial charge in [0.15, 0.2) is 0 Å². The Bertz CT molecular complexity index is 1000. The number of halogens is 1. The van der Waals surface area contributed by atoms with E-state index in [1.807, 2.05) is 6.92 Å². The standard InChI is InChI=1S/C18H16FN3O3S/c1-10-14-8-15(17(25)21(9-16(23)24)12-6-7-12)26-18(14)22(20-10)13-4-2-11(19)3-5-13/h2-5,8,12H,6-7,9H2,1H3,(H,23,24). The molecule has 1 fully saturated rings. The number of thiophene rings is 1. The molecule has 8 heteroatoms. The lowest BCUT2D eigenvalue weighted by Gasteiger charge is -2.19. The average Bonchev–Trinajstić information content (AvgIpc) is 3.27. The first kappa shape index (κ1) is 16.7. The molecule has 26 heavy (non-hydrogen) atoms. The first-order valence-electron chi connectivity index (χ1n) is 8.22. The average molecular weight is 373 g/mol. The Morgan fingerprint density at radius 1 is 1.35 bits per heavy atom. The van der Waals surface area contributed by atoms with Crippen LogP contribution in [-0.4, -0.2) is 44.3 Å². The van der Waals surface area contributed by atoms with E-state index in [0.29, 0.717) is 10.6 Å². The van der Waals surface area contributed by atoms with Crippen LogP contribution in [-0.2, 0) is 4.79 Å². The molecule has 0 unspecified atom stereocenters. The zero-order valence-electron chi connectivity index (χ0n) is 14.0. The summed E-state index contributed by atoms with van der Waals surface area (Å²) in [5.74, 6) is -1.61. The number of fused-ring (bicyclic) bond motifs is 1. The number of hydrogen-bond donors (Lipinski definition) is 1. The molecule has 0 radical (unpaired) electrons. The molecular weight excluding hydrogens is 357 g/mol. The van der Waals surface area contributed by atoms with Crippen molar-refractivity contribution in [2.24, 2.45) is 0 Å². The summed E-state index contributed by atoms with van der Waals surface area (Å²) < 4.78 is 14.9. The van der Waals surface area contributed by atoms with Crippen LogP contribution in [0.25, 0.3) is 15.9 Å². The molecule has 0 spiro atoms. The highest BCUT2D eigenvalue weighted by Crippen LogP contribution is 2.34. The number of rotatable bonds is 5. The van der Waals surface area contributed by atoms with Crippen LogP contribution >= 0.6 is 11.3 Å². The number of benzene rings is 1. The van der Waals surface area contributed by atoms with Crippen molar-refractivity contribution >= 4 is 33.4 Å². The maximum Gasteiger partial charge on any atom is 0.323 e. The molecule has 0 bridgehead atoms. The summed E-state index contributed by atoms with van der Waals surface area (Å²) in [6.07, 6.45) is 1.68. The molecule has 0 aliphatic heterocycles. The third-order valence-electron chi connectivity index (χ3n) is 4.38. The van der Waals surface area contributed by atoms with E-state index in [4.69, 9.17) is 5.11 Å². The Morgan fingerprint density at radius 2 is 2.04 bits per heavy atom. The van der Waals surface area contributed by atoms with E-state index >= 15 is 0 Å². The predicted molar refractivity (Wildman–Crippen MR) is 95.3 cm³/mol. The van der Waals surface area contributed by atoms with Crippen molar-refractivity contribution in [1.29, 1.82) is 0 Å². The number of carbonyl (C=O) groups excluding carboxylic acids is 1. The summed E-state index contributed by atoms with van der Waals surface area (Å²) in [5.41, 5.74) is 1.46. The zero-order valence-corrected chi connectivity index (χ0v) is 14.8. The van der Waals surface area contributed by atoms with Crippen LogP contribution in [0, 0.1) is 12.7 Å². The second-order valence-corrected chi connectivity index (χ2v) is 7.39. The van der Waals surface area contributed by atoms with Crippen molar-refractivity contribution < 1.29 is 19.1 Å². The lowest BCUT2D eigenvalue weighted by Crippen LogP contribution is -2.37. The number of aliphatic carboxylic acids is 1. The maximum absolute atomic E-state index is 13.2. The van der Waals surface area contributed by atoms with E-state index in [9.17, 15) is 14.0 Å². The van der Waals surface area contributed by atoms with Gasteiger partial charge in [-0.2, -0.15) is 5.10 Å². The van der Waals surface area contributed by atoms with Crippen molar-refractivity contribution in [3.8, 4) is 5.69 Å². The number of hydrogen-bond acceptors (Lipinski definition) is 4. The minimum absolute atomic E-state index is 0.0125. The Balaban J connectivity index is 1.73. The van der Waals surface area contributed by atoms with Gasteiger partial charge in [-0.1, -0.05) is 0 Å². The quantitative estimate of drug-likeness (QED) is 0.745. The van der Waals surface area contributed by atoms with Crippen molar-refractivity contribution in [2.45, 2.75) is 25.8 Å². The molecule has 6 nitrogen and oxygen atoms in total. The van der Waals surface area contributed by atoms with E-state index in [2.05, 4.69) is 5.10 Å². The van der Waals surface area contributed by atoms with Gasteiger partial charge in [0.1, 0.15) is 17.2 Å². The monoisotopic (exact) mass is 373 g/mol. The predicted octanol–water partition coefficient (Wildman–Crippen LogP) is 3.22. The topological polar surface area (TPSA) is 75.4 Å². The fraction of sp³-hybridized carbons (Fsp3) is 0.278. The number of carboxylic acids is 1. The molecule has 2 heterocycles. The molecule has 134 valence electrons. The molecule has 1 aromatic carbocycles. The van der Waals surface area contributed by atoms with E-state index in [1.165, 1.54) is 28.4 Å². The molecule has 1 saturated carbocycles. The van der Waals surface area contributed by atoms with Crippen LogP contribution < -0.4 is 0 Å². The molecule has 1 amide bonds. The fourth-order valence-electron chi connectivity index (χ4n) is 2.95. The number of aromatic nitrogens is 2. The van der Waals surface area contributed by atoms with Gasteiger partial charge >= 0.3 is 5.97 Å². The minimum atomic E-state index is -1.01. The van der Waals surface area contributed by atoms with Crippen molar-refractivity contribution in [3.05, 3.63) is 46.7 Å². The Morgan fingerprint density at radius 3 is 2.65 bits per heavy atom. The first-order valence-corrected chi connectivity index (χ1v) is 9.03.